The monoisotopic (exact) mass is 271 g/mol. The van der Waals surface area contributed by atoms with Crippen molar-refractivity contribution in [1.29, 1.82) is 0 Å². The smallest absolute Gasteiger partial charge is 0.338 e. The molecule has 1 fully saturated rings. The van der Waals surface area contributed by atoms with Gasteiger partial charge < -0.3 is 4.90 Å². The van der Waals surface area contributed by atoms with Crippen LogP contribution >= 0.6 is 0 Å². The van der Waals surface area contributed by atoms with Crippen molar-refractivity contribution in [3.05, 3.63) is 35.4 Å². The van der Waals surface area contributed by atoms with Crippen LogP contribution in [0.1, 0.15) is 24.0 Å². The highest BCUT2D eigenvalue weighted by Crippen LogP contribution is 2.29. The number of halogens is 3. The first-order chi connectivity index (χ1) is 8.86. The fourth-order valence-corrected chi connectivity index (χ4v) is 1.99. The van der Waals surface area contributed by atoms with Gasteiger partial charge in [-0.05, 0) is 17.7 Å². The molecule has 102 valence electrons. The number of carbonyl (C=O) groups excluding carboxylic acids is 2. The molecule has 6 heteroatoms. The summed E-state index contributed by atoms with van der Waals surface area (Å²) in [6.45, 7) is 0.379. The molecule has 0 bridgehead atoms. The van der Waals surface area contributed by atoms with Crippen LogP contribution in [0.15, 0.2) is 24.3 Å². The zero-order valence-corrected chi connectivity index (χ0v) is 10.0. The van der Waals surface area contributed by atoms with Gasteiger partial charge in [-0.25, -0.2) is 0 Å². The number of carbonyl (C=O) groups is 2. The van der Waals surface area contributed by atoms with Crippen molar-refractivity contribution in [2.45, 2.75) is 25.6 Å². The van der Waals surface area contributed by atoms with Crippen LogP contribution in [0.2, 0.25) is 0 Å². The molecule has 0 aromatic heterocycles. The van der Waals surface area contributed by atoms with E-state index in [1.54, 1.807) is 6.07 Å². The Kier molecular flexibility index (Phi) is 3.59. The van der Waals surface area contributed by atoms with Crippen LogP contribution in [0.5, 0.6) is 0 Å². The van der Waals surface area contributed by atoms with Crippen molar-refractivity contribution >= 4 is 11.7 Å². The fraction of sp³-hybridized carbons (Fsp3) is 0.385. The van der Waals surface area contributed by atoms with E-state index in [1.165, 1.54) is 11.0 Å². The molecule has 1 saturated heterocycles. The molecule has 1 aliphatic heterocycles. The summed E-state index contributed by atoms with van der Waals surface area (Å²) >= 11 is 0. The number of piperidine rings is 1. The Bertz CT molecular complexity index is 511. The summed E-state index contributed by atoms with van der Waals surface area (Å²) in [6.07, 6.45) is -4.28. The minimum absolute atomic E-state index is 0.107. The number of rotatable bonds is 2. The standard InChI is InChI=1S/C13H12F3NO2/c14-13(15,16)10-3-1-2-9(6-10)8-17-5-4-11(18)7-12(17)19/h1-3,6H,4-5,7-8H2. The third-order valence-electron chi connectivity index (χ3n) is 2.99. The Hall–Kier alpha value is -1.85. The third-order valence-corrected chi connectivity index (χ3v) is 2.99. The van der Waals surface area contributed by atoms with E-state index in [1.807, 2.05) is 0 Å². The molecule has 0 radical (unpaired) electrons. The van der Waals surface area contributed by atoms with Crippen LogP contribution in [0.25, 0.3) is 0 Å². The molecule has 3 nitrogen and oxygen atoms in total. The normalized spacial score (nSPS) is 16.9. The predicted octanol–water partition coefficient (Wildman–Crippen LogP) is 2.40. The number of benzene rings is 1. The van der Waals surface area contributed by atoms with Crippen LogP contribution in [0, 0.1) is 0 Å². The van der Waals surface area contributed by atoms with Crippen LogP contribution in [-0.2, 0) is 22.3 Å². The molecule has 0 saturated carbocycles. The molecule has 0 atom stereocenters. The third kappa shape index (κ3) is 3.33. The Balaban J connectivity index is 2.11. The number of amides is 1. The van der Waals surface area contributed by atoms with E-state index in [0.29, 0.717) is 5.56 Å². The van der Waals surface area contributed by atoms with Gasteiger partial charge in [-0.2, -0.15) is 13.2 Å². The second kappa shape index (κ2) is 5.03. The SMILES string of the molecule is O=C1CCN(Cc2cccc(C(F)(F)F)c2)C(=O)C1. The lowest BCUT2D eigenvalue weighted by molar-refractivity contribution is -0.140. The highest BCUT2D eigenvalue weighted by atomic mass is 19.4. The van der Waals surface area contributed by atoms with Gasteiger partial charge in [-0.3, -0.25) is 9.59 Å². The van der Waals surface area contributed by atoms with Gasteiger partial charge in [0.2, 0.25) is 5.91 Å². The van der Waals surface area contributed by atoms with Crippen LogP contribution in [0.4, 0.5) is 13.2 Å². The molecular formula is C13H12F3NO2. The van der Waals surface area contributed by atoms with E-state index < -0.39 is 11.7 Å². The lowest BCUT2D eigenvalue weighted by Gasteiger charge is -2.26. The molecule has 1 aliphatic rings. The molecule has 0 aliphatic carbocycles. The Labute approximate surface area is 108 Å². The second-order valence-electron chi connectivity index (χ2n) is 4.48. The quantitative estimate of drug-likeness (QED) is 0.774. The van der Waals surface area contributed by atoms with Crippen molar-refractivity contribution < 1.29 is 22.8 Å². The van der Waals surface area contributed by atoms with E-state index >= 15 is 0 Å². The van der Waals surface area contributed by atoms with Crippen LogP contribution in [0.3, 0.4) is 0 Å². The number of ketones is 1. The number of Topliss-reactive ketones (excluding diaryl/α,β-unsaturated/α-hetero) is 1. The van der Waals surface area contributed by atoms with Crippen molar-refractivity contribution in [2.75, 3.05) is 6.54 Å². The summed E-state index contributed by atoms with van der Waals surface area (Å²) in [5.41, 5.74) is -0.317. The molecule has 19 heavy (non-hydrogen) atoms. The van der Waals surface area contributed by atoms with Crippen molar-refractivity contribution in [2.24, 2.45) is 0 Å². The summed E-state index contributed by atoms with van der Waals surface area (Å²) < 4.78 is 37.6. The molecule has 1 aromatic rings. The molecule has 1 aromatic carbocycles. The van der Waals surface area contributed by atoms with Crippen LogP contribution < -0.4 is 0 Å². The van der Waals surface area contributed by atoms with Gasteiger partial charge in [0.15, 0.2) is 0 Å². The maximum Gasteiger partial charge on any atom is 0.416 e. The van der Waals surface area contributed by atoms with E-state index in [2.05, 4.69) is 0 Å². The van der Waals surface area contributed by atoms with Gasteiger partial charge in [0.05, 0.1) is 12.0 Å². The first kappa shape index (κ1) is 13.6. The van der Waals surface area contributed by atoms with Crippen molar-refractivity contribution in [3.63, 3.8) is 0 Å². The minimum atomic E-state index is -4.39. The van der Waals surface area contributed by atoms with Crippen molar-refractivity contribution in [1.82, 2.24) is 4.90 Å². The summed E-state index contributed by atoms with van der Waals surface area (Å²) in [5, 5.41) is 0. The summed E-state index contributed by atoms with van der Waals surface area (Å²) in [6, 6.07) is 4.88. The maximum absolute atomic E-state index is 12.5. The summed E-state index contributed by atoms with van der Waals surface area (Å²) in [5.74, 6) is -0.445. The lowest BCUT2D eigenvalue weighted by atomic mass is 10.1. The second-order valence-corrected chi connectivity index (χ2v) is 4.48. The van der Waals surface area contributed by atoms with Gasteiger partial charge in [-0.1, -0.05) is 12.1 Å². The maximum atomic E-state index is 12.5. The van der Waals surface area contributed by atoms with Gasteiger partial charge in [0.25, 0.3) is 0 Å². The van der Waals surface area contributed by atoms with Gasteiger partial charge in [-0.15, -0.1) is 0 Å². The van der Waals surface area contributed by atoms with Crippen molar-refractivity contribution in [3.8, 4) is 0 Å². The number of likely N-dealkylation sites (tertiary alicyclic amines) is 1. The highest BCUT2D eigenvalue weighted by Gasteiger charge is 2.31. The van der Waals surface area contributed by atoms with Gasteiger partial charge in [0, 0.05) is 19.5 Å². The largest absolute Gasteiger partial charge is 0.416 e. The van der Waals surface area contributed by atoms with E-state index in [4.69, 9.17) is 0 Å². The number of hydrogen-bond acceptors (Lipinski definition) is 2. The molecule has 0 N–H and O–H groups in total. The fourth-order valence-electron chi connectivity index (χ4n) is 1.99. The summed E-state index contributed by atoms with van der Waals surface area (Å²) in [7, 11) is 0. The average molecular weight is 271 g/mol. The molecule has 0 unspecified atom stereocenters. The summed E-state index contributed by atoms with van der Waals surface area (Å²) in [4.78, 5) is 24.0. The molecular weight excluding hydrogens is 259 g/mol. The Morgan fingerprint density at radius 2 is 1.95 bits per heavy atom. The molecule has 2 rings (SSSR count). The number of alkyl halides is 3. The number of hydrogen-bond donors (Lipinski definition) is 0. The van der Waals surface area contributed by atoms with E-state index in [-0.39, 0.29) is 37.6 Å². The van der Waals surface area contributed by atoms with Gasteiger partial charge in [0.1, 0.15) is 5.78 Å². The Morgan fingerprint density at radius 3 is 2.58 bits per heavy atom. The zero-order chi connectivity index (χ0) is 14.0. The first-order valence-electron chi connectivity index (χ1n) is 5.82. The highest BCUT2D eigenvalue weighted by molar-refractivity contribution is 6.00. The first-order valence-corrected chi connectivity index (χ1v) is 5.82. The molecule has 1 heterocycles. The van der Waals surface area contributed by atoms with Gasteiger partial charge >= 0.3 is 6.18 Å². The van der Waals surface area contributed by atoms with E-state index in [9.17, 15) is 22.8 Å². The molecule has 1 amide bonds. The Morgan fingerprint density at radius 1 is 1.21 bits per heavy atom. The predicted molar refractivity (Wildman–Crippen MR) is 61.1 cm³/mol. The van der Waals surface area contributed by atoms with E-state index in [0.717, 1.165) is 12.1 Å². The number of nitrogens with zero attached hydrogens (tertiary/aromatic N) is 1. The zero-order valence-electron chi connectivity index (χ0n) is 10.0. The lowest BCUT2D eigenvalue weighted by Crippen LogP contribution is -2.38. The topological polar surface area (TPSA) is 37.4 Å². The molecule has 0 spiro atoms. The van der Waals surface area contributed by atoms with Crippen LogP contribution in [-0.4, -0.2) is 23.1 Å². The minimum Gasteiger partial charge on any atom is -0.338 e. The average Bonchev–Trinajstić information content (AvgIpc) is 2.32.